The molecule has 0 bridgehead atoms. The number of hydrogen-bond acceptors (Lipinski definition) is 3. The summed E-state index contributed by atoms with van der Waals surface area (Å²) < 4.78 is 17.6. The fraction of sp³-hybridized carbons (Fsp3) is 0.462. The molecule has 4 nitrogen and oxygen atoms in total. The van der Waals surface area contributed by atoms with Crippen LogP contribution in [-0.2, 0) is 4.74 Å². The molecule has 0 radical (unpaired) electrons. The number of alkyl halides is 1. The zero-order chi connectivity index (χ0) is 14.6. The van der Waals surface area contributed by atoms with E-state index in [9.17, 15) is 14.3 Å². The lowest BCUT2D eigenvalue weighted by atomic mass is 10.1. The van der Waals surface area contributed by atoms with Crippen LogP contribution in [0.5, 0.6) is 0 Å². The van der Waals surface area contributed by atoms with E-state index >= 15 is 0 Å². The number of carbonyl (C=O) groups is 1. The summed E-state index contributed by atoms with van der Waals surface area (Å²) in [5.74, 6) is 0. The third kappa shape index (κ3) is 5.04. The second kappa shape index (κ2) is 6.21. The van der Waals surface area contributed by atoms with E-state index in [1.54, 1.807) is 20.8 Å². The minimum Gasteiger partial charge on any atom is -0.444 e. The lowest BCUT2D eigenvalue weighted by Gasteiger charge is -2.21. The van der Waals surface area contributed by atoms with Gasteiger partial charge in [0.1, 0.15) is 18.4 Å². The van der Waals surface area contributed by atoms with Gasteiger partial charge in [-0.15, -0.1) is 0 Å². The monoisotopic (exact) mass is 289 g/mol. The largest absolute Gasteiger partial charge is 0.444 e. The van der Waals surface area contributed by atoms with E-state index in [1.807, 2.05) is 0 Å². The lowest BCUT2D eigenvalue weighted by molar-refractivity contribution is 0.0635. The summed E-state index contributed by atoms with van der Waals surface area (Å²) in [6, 6.07) is 4.40. The quantitative estimate of drug-likeness (QED) is 0.892. The first-order chi connectivity index (χ1) is 8.73. The summed E-state index contributed by atoms with van der Waals surface area (Å²) in [6.07, 6.45) is -2.01. The Hall–Kier alpha value is -1.33. The van der Waals surface area contributed by atoms with Crippen LogP contribution in [-0.4, -0.2) is 23.5 Å². The van der Waals surface area contributed by atoms with Gasteiger partial charge in [-0.3, -0.25) is 5.32 Å². The van der Waals surface area contributed by atoms with Crippen LogP contribution in [0.1, 0.15) is 32.4 Å². The van der Waals surface area contributed by atoms with Crippen molar-refractivity contribution < 1.29 is 19.0 Å². The third-order valence-corrected chi connectivity index (χ3v) is 2.39. The third-order valence-electron chi connectivity index (χ3n) is 2.16. The van der Waals surface area contributed by atoms with Crippen LogP contribution in [0.2, 0.25) is 5.02 Å². The fourth-order valence-electron chi connectivity index (χ4n) is 1.42. The van der Waals surface area contributed by atoms with Crippen molar-refractivity contribution >= 4 is 23.4 Å². The molecule has 0 aromatic heterocycles. The highest BCUT2D eigenvalue weighted by molar-refractivity contribution is 6.31. The first-order valence-electron chi connectivity index (χ1n) is 5.76. The highest BCUT2D eigenvalue weighted by atomic mass is 35.5. The number of rotatable bonds is 3. The molecule has 0 aliphatic heterocycles. The molecule has 6 heteroatoms. The highest BCUT2D eigenvalue weighted by Gasteiger charge is 2.19. The molecular formula is C13H17ClFNO3. The number of anilines is 1. The number of ether oxygens (including phenoxy) is 1. The average Bonchev–Trinajstić information content (AvgIpc) is 2.25. The summed E-state index contributed by atoms with van der Waals surface area (Å²) >= 11 is 5.81. The van der Waals surface area contributed by atoms with Gasteiger partial charge in [0.05, 0.1) is 5.69 Å². The maximum Gasteiger partial charge on any atom is 0.412 e. The van der Waals surface area contributed by atoms with Crippen molar-refractivity contribution in [3.8, 4) is 0 Å². The molecule has 1 atom stereocenters. The highest BCUT2D eigenvalue weighted by Crippen LogP contribution is 2.27. The molecule has 19 heavy (non-hydrogen) atoms. The molecule has 0 aliphatic carbocycles. The van der Waals surface area contributed by atoms with E-state index in [0.29, 0.717) is 5.02 Å². The van der Waals surface area contributed by atoms with E-state index in [4.69, 9.17) is 16.3 Å². The molecule has 1 amide bonds. The van der Waals surface area contributed by atoms with Gasteiger partial charge >= 0.3 is 6.09 Å². The van der Waals surface area contributed by atoms with E-state index in [-0.39, 0.29) is 11.3 Å². The van der Waals surface area contributed by atoms with Gasteiger partial charge in [-0.2, -0.15) is 0 Å². The SMILES string of the molecule is CC(C)(C)OC(=O)Nc1cc(Cl)ccc1C(O)CF. The minimum atomic E-state index is -1.32. The smallest absolute Gasteiger partial charge is 0.412 e. The minimum absolute atomic E-state index is 0.229. The van der Waals surface area contributed by atoms with Crippen molar-refractivity contribution in [2.24, 2.45) is 0 Å². The van der Waals surface area contributed by atoms with E-state index < -0.39 is 24.5 Å². The van der Waals surface area contributed by atoms with Crippen molar-refractivity contribution in [1.82, 2.24) is 0 Å². The number of hydrogen-bond donors (Lipinski definition) is 2. The predicted octanol–water partition coefficient (Wildman–Crippen LogP) is 3.69. The zero-order valence-corrected chi connectivity index (χ0v) is 11.8. The molecular weight excluding hydrogens is 273 g/mol. The number of aliphatic hydroxyl groups excluding tert-OH is 1. The van der Waals surface area contributed by atoms with Crippen LogP contribution >= 0.6 is 11.6 Å². The Labute approximate surface area is 116 Å². The number of amides is 1. The Morgan fingerprint density at radius 3 is 2.68 bits per heavy atom. The molecule has 0 heterocycles. The molecule has 106 valence electrons. The summed E-state index contributed by atoms with van der Waals surface area (Å²) in [5, 5.41) is 12.3. The fourth-order valence-corrected chi connectivity index (χ4v) is 1.60. The molecule has 0 saturated heterocycles. The normalized spacial score (nSPS) is 12.9. The molecule has 0 fully saturated rings. The first-order valence-corrected chi connectivity index (χ1v) is 6.14. The average molecular weight is 290 g/mol. The predicted molar refractivity (Wildman–Crippen MR) is 72.2 cm³/mol. The van der Waals surface area contributed by atoms with E-state index in [1.165, 1.54) is 18.2 Å². The molecule has 1 aromatic rings. The Bertz CT molecular complexity index is 460. The number of halogens is 2. The summed E-state index contributed by atoms with van der Waals surface area (Å²) in [7, 11) is 0. The van der Waals surface area contributed by atoms with Gasteiger partial charge in [-0.1, -0.05) is 17.7 Å². The van der Waals surface area contributed by atoms with Crippen molar-refractivity contribution in [3.05, 3.63) is 28.8 Å². The lowest BCUT2D eigenvalue weighted by Crippen LogP contribution is -2.27. The standard InChI is InChI=1S/C13H17ClFNO3/c1-13(2,3)19-12(18)16-10-6-8(14)4-5-9(10)11(17)7-15/h4-6,11,17H,7H2,1-3H3,(H,16,18). The van der Waals surface area contributed by atoms with Crippen molar-refractivity contribution in [2.75, 3.05) is 12.0 Å². The number of benzene rings is 1. The van der Waals surface area contributed by atoms with Gasteiger partial charge in [0.2, 0.25) is 0 Å². The topological polar surface area (TPSA) is 58.6 Å². The Morgan fingerprint density at radius 1 is 1.53 bits per heavy atom. The molecule has 0 spiro atoms. The van der Waals surface area contributed by atoms with Crippen LogP contribution in [0.15, 0.2) is 18.2 Å². The summed E-state index contributed by atoms with van der Waals surface area (Å²) in [5.41, 5.74) is -0.175. The Morgan fingerprint density at radius 2 is 2.16 bits per heavy atom. The van der Waals surface area contributed by atoms with E-state index in [2.05, 4.69) is 5.32 Å². The molecule has 1 rings (SSSR count). The maximum atomic E-state index is 12.5. The molecule has 2 N–H and O–H groups in total. The molecule has 1 unspecified atom stereocenters. The van der Waals surface area contributed by atoms with Gasteiger partial charge in [-0.25, -0.2) is 9.18 Å². The van der Waals surface area contributed by atoms with Crippen molar-refractivity contribution in [1.29, 1.82) is 0 Å². The van der Waals surface area contributed by atoms with Crippen molar-refractivity contribution in [3.63, 3.8) is 0 Å². The van der Waals surface area contributed by atoms with Gasteiger partial charge in [0.25, 0.3) is 0 Å². The van der Waals surface area contributed by atoms with Crippen LogP contribution in [0.4, 0.5) is 14.9 Å². The van der Waals surface area contributed by atoms with Gasteiger partial charge in [0, 0.05) is 10.6 Å². The summed E-state index contributed by atoms with van der Waals surface area (Å²) in [4.78, 5) is 11.7. The van der Waals surface area contributed by atoms with E-state index in [0.717, 1.165) is 0 Å². The molecule has 0 saturated carbocycles. The van der Waals surface area contributed by atoms with Gasteiger partial charge < -0.3 is 9.84 Å². The van der Waals surface area contributed by atoms with Crippen molar-refractivity contribution in [2.45, 2.75) is 32.5 Å². The van der Waals surface area contributed by atoms with Crippen LogP contribution in [0, 0.1) is 0 Å². The molecule has 1 aromatic carbocycles. The van der Waals surface area contributed by atoms with Gasteiger partial charge in [0.15, 0.2) is 0 Å². The number of aliphatic hydroxyl groups is 1. The maximum absolute atomic E-state index is 12.5. The van der Waals surface area contributed by atoms with Gasteiger partial charge in [-0.05, 0) is 32.9 Å². The Balaban J connectivity index is 2.93. The van der Waals surface area contributed by atoms with Crippen LogP contribution < -0.4 is 5.32 Å². The second-order valence-corrected chi connectivity index (χ2v) is 5.47. The second-order valence-electron chi connectivity index (χ2n) is 5.03. The van der Waals surface area contributed by atoms with Crippen LogP contribution in [0.3, 0.4) is 0 Å². The summed E-state index contributed by atoms with van der Waals surface area (Å²) in [6.45, 7) is 4.22. The number of nitrogens with one attached hydrogen (secondary N) is 1. The molecule has 0 aliphatic rings. The Kier molecular flexibility index (Phi) is 5.14. The zero-order valence-electron chi connectivity index (χ0n) is 11.0. The number of carbonyl (C=O) groups excluding carboxylic acids is 1. The first kappa shape index (κ1) is 15.7. The van der Waals surface area contributed by atoms with Crippen LogP contribution in [0.25, 0.3) is 0 Å².